The van der Waals surface area contributed by atoms with Crippen LogP contribution in [0.25, 0.3) is 5.65 Å². The number of nitrogens with zero attached hydrogens (tertiary/aromatic N) is 6. The van der Waals surface area contributed by atoms with Crippen LogP contribution in [0.3, 0.4) is 0 Å². The Morgan fingerprint density at radius 3 is 2.79 bits per heavy atom. The summed E-state index contributed by atoms with van der Waals surface area (Å²) >= 11 is 0. The molecule has 0 bridgehead atoms. The molecule has 0 N–H and O–H groups in total. The van der Waals surface area contributed by atoms with Crippen molar-refractivity contribution in [3.05, 3.63) is 47.0 Å². The second-order valence-electron chi connectivity index (χ2n) is 4.63. The zero-order chi connectivity index (χ0) is 13.4. The van der Waals surface area contributed by atoms with Crippen LogP contribution in [0.5, 0.6) is 0 Å². The molecule has 3 rings (SSSR count). The van der Waals surface area contributed by atoms with Gasteiger partial charge in [-0.05, 0) is 19.9 Å². The van der Waals surface area contributed by atoms with Gasteiger partial charge in [0.25, 0.3) is 0 Å². The Kier molecular flexibility index (Phi) is 2.66. The highest BCUT2D eigenvalue weighted by Crippen LogP contribution is 2.05. The molecule has 98 valence electrons. The molecule has 0 saturated carbocycles. The lowest BCUT2D eigenvalue weighted by molar-refractivity contribution is 0.519. The molecule has 7 nitrogen and oxygen atoms in total. The van der Waals surface area contributed by atoms with Crippen molar-refractivity contribution in [1.29, 1.82) is 0 Å². The Balaban J connectivity index is 1.96. The molecule has 3 aromatic rings. The van der Waals surface area contributed by atoms with E-state index in [2.05, 4.69) is 29.0 Å². The zero-order valence-electron chi connectivity index (χ0n) is 10.8. The van der Waals surface area contributed by atoms with Gasteiger partial charge in [-0.2, -0.15) is 5.10 Å². The van der Waals surface area contributed by atoms with E-state index in [1.165, 1.54) is 9.08 Å². The van der Waals surface area contributed by atoms with Crippen LogP contribution in [-0.4, -0.2) is 28.9 Å². The Labute approximate surface area is 109 Å². The predicted molar refractivity (Wildman–Crippen MR) is 69.0 cm³/mol. The lowest BCUT2D eigenvalue weighted by Crippen LogP contribution is -2.22. The number of rotatable bonds is 3. The van der Waals surface area contributed by atoms with Gasteiger partial charge in [0, 0.05) is 24.6 Å². The zero-order valence-corrected chi connectivity index (χ0v) is 10.8. The normalized spacial score (nSPS) is 11.5. The van der Waals surface area contributed by atoms with Crippen molar-refractivity contribution in [3.8, 4) is 0 Å². The van der Waals surface area contributed by atoms with Gasteiger partial charge in [0.2, 0.25) is 0 Å². The van der Waals surface area contributed by atoms with Gasteiger partial charge in [-0.25, -0.2) is 13.9 Å². The van der Waals surface area contributed by atoms with Crippen molar-refractivity contribution >= 4 is 5.65 Å². The third-order valence-electron chi connectivity index (χ3n) is 2.89. The molecule has 0 fully saturated rings. The number of fused-ring (bicyclic) bond motifs is 1. The van der Waals surface area contributed by atoms with Gasteiger partial charge >= 0.3 is 5.69 Å². The SMILES string of the molecule is CC(C)n1ccc(Cn2nc3cnccn3c2=O)n1. The van der Waals surface area contributed by atoms with Gasteiger partial charge in [-0.15, -0.1) is 5.10 Å². The quantitative estimate of drug-likeness (QED) is 0.694. The Bertz CT molecular complexity index is 766. The van der Waals surface area contributed by atoms with Crippen molar-refractivity contribution in [1.82, 2.24) is 28.9 Å². The van der Waals surface area contributed by atoms with Crippen molar-refractivity contribution in [2.75, 3.05) is 0 Å². The monoisotopic (exact) mass is 258 g/mol. The molecule has 0 spiro atoms. The van der Waals surface area contributed by atoms with E-state index in [1.807, 2.05) is 16.9 Å². The van der Waals surface area contributed by atoms with Crippen molar-refractivity contribution in [3.63, 3.8) is 0 Å². The first-order valence-corrected chi connectivity index (χ1v) is 6.08. The van der Waals surface area contributed by atoms with Gasteiger partial charge in [0.05, 0.1) is 18.4 Å². The largest absolute Gasteiger partial charge is 0.350 e. The molecule has 0 saturated heterocycles. The first-order chi connectivity index (χ1) is 9.15. The van der Waals surface area contributed by atoms with E-state index < -0.39 is 0 Å². The van der Waals surface area contributed by atoms with Crippen LogP contribution in [0.2, 0.25) is 0 Å². The molecule has 0 aliphatic carbocycles. The van der Waals surface area contributed by atoms with Gasteiger partial charge < -0.3 is 0 Å². The fourth-order valence-corrected chi connectivity index (χ4v) is 1.89. The van der Waals surface area contributed by atoms with Crippen LogP contribution in [0, 0.1) is 0 Å². The van der Waals surface area contributed by atoms with E-state index in [4.69, 9.17) is 0 Å². The average Bonchev–Trinajstić information content (AvgIpc) is 2.97. The summed E-state index contributed by atoms with van der Waals surface area (Å²) in [5.41, 5.74) is 1.17. The third-order valence-corrected chi connectivity index (χ3v) is 2.89. The summed E-state index contributed by atoms with van der Waals surface area (Å²) in [4.78, 5) is 16.0. The summed E-state index contributed by atoms with van der Waals surface area (Å²) in [6, 6.07) is 2.20. The maximum Gasteiger partial charge on any atom is 0.350 e. The summed E-state index contributed by atoms with van der Waals surface area (Å²) in [7, 11) is 0. The molecule has 3 aromatic heterocycles. The number of aromatic nitrogens is 6. The Morgan fingerprint density at radius 2 is 2.11 bits per heavy atom. The maximum absolute atomic E-state index is 12.1. The van der Waals surface area contributed by atoms with Crippen molar-refractivity contribution in [2.24, 2.45) is 0 Å². The van der Waals surface area contributed by atoms with E-state index in [1.54, 1.807) is 18.6 Å². The summed E-state index contributed by atoms with van der Waals surface area (Å²) in [6.45, 7) is 4.47. The molecule has 0 atom stereocenters. The first kappa shape index (κ1) is 11.6. The molecule has 0 radical (unpaired) electrons. The lowest BCUT2D eigenvalue weighted by Gasteiger charge is -2.03. The van der Waals surface area contributed by atoms with Crippen LogP contribution in [0.1, 0.15) is 25.6 Å². The molecule has 3 heterocycles. The minimum Gasteiger partial charge on any atom is -0.270 e. The minimum absolute atomic E-state index is 0.184. The molecule has 0 aliphatic rings. The van der Waals surface area contributed by atoms with Crippen LogP contribution < -0.4 is 5.69 Å². The summed E-state index contributed by atoms with van der Waals surface area (Å²) in [5.74, 6) is 0. The first-order valence-electron chi connectivity index (χ1n) is 6.08. The Hall–Kier alpha value is -2.44. The second-order valence-corrected chi connectivity index (χ2v) is 4.63. The maximum atomic E-state index is 12.1. The predicted octanol–water partition coefficient (Wildman–Crippen LogP) is 0.717. The highest BCUT2D eigenvalue weighted by atomic mass is 16.2. The van der Waals surface area contributed by atoms with Gasteiger partial charge in [0.15, 0.2) is 5.65 Å². The van der Waals surface area contributed by atoms with Gasteiger partial charge in [-0.3, -0.25) is 9.67 Å². The van der Waals surface area contributed by atoms with E-state index in [0.717, 1.165) is 5.69 Å². The highest BCUT2D eigenvalue weighted by Gasteiger charge is 2.09. The molecular formula is C12H14N6O. The topological polar surface area (TPSA) is 70.0 Å². The van der Waals surface area contributed by atoms with Gasteiger partial charge in [0.1, 0.15) is 0 Å². The average molecular weight is 258 g/mol. The fraction of sp³-hybridized carbons (Fsp3) is 0.333. The number of hydrogen-bond acceptors (Lipinski definition) is 4. The molecule has 7 heteroatoms. The van der Waals surface area contributed by atoms with E-state index >= 15 is 0 Å². The molecule has 0 amide bonds. The smallest absolute Gasteiger partial charge is 0.270 e. The van der Waals surface area contributed by atoms with Crippen LogP contribution in [-0.2, 0) is 6.54 Å². The fourth-order valence-electron chi connectivity index (χ4n) is 1.89. The summed E-state index contributed by atoms with van der Waals surface area (Å²) in [6.07, 6.45) is 6.63. The van der Waals surface area contributed by atoms with Gasteiger partial charge in [-0.1, -0.05) is 0 Å². The minimum atomic E-state index is -0.184. The van der Waals surface area contributed by atoms with Crippen molar-refractivity contribution < 1.29 is 0 Å². The molecule has 0 aromatic carbocycles. The summed E-state index contributed by atoms with van der Waals surface area (Å²) < 4.78 is 4.72. The summed E-state index contributed by atoms with van der Waals surface area (Å²) in [5, 5.41) is 8.63. The molecule has 0 unspecified atom stereocenters. The van der Waals surface area contributed by atoms with Crippen LogP contribution in [0.15, 0.2) is 35.6 Å². The highest BCUT2D eigenvalue weighted by molar-refractivity contribution is 5.31. The third kappa shape index (κ3) is 2.03. The van der Waals surface area contributed by atoms with Crippen molar-refractivity contribution in [2.45, 2.75) is 26.4 Å². The van der Waals surface area contributed by atoms with E-state index in [0.29, 0.717) is 18.2 Å². The van der Waals surface area contributed by atoms with Crippen LogP contribution in [0.4, 0.5) is 0 Å². The van der Waals surface area contributed by atoms with E-state index in [-0.39, 0.29) is 5.69 Å². The standard InChI is InChI=1S/C12H14N6O/c1-9(2)17-5-3-10(14-17)8-18-12(19)16-6-4-13-7-11(16)15-18/h3-7,9H,8H2,1-2H3. The molecule has 0 aliphatic heterocycles. The van der Waals surface area contributed by atoms with Crippen LogP contribution >= 0.6 is 0 Å². The Morgan fingerprint density at radius 1 is 1.26 bits per heavy atom. The molecular weight excluding hydrogens is 244 g/mol. The lowest BCUT2D eigenvalue weighted by atomic mass is 10.4. The van der Waals surface area contributed by atoms with E-state index in [9.17, 15) is 4.79 Å². The molecule has 19 heavy (non-hydrogen) atoms. The number of hydrogen-bond donors (Lipinski definition) is 0. The second kappa shape index (κ2) is 4.34.